The number of pyridine rings is 1. The number of benzene rings is 1. The van der Waals surface area contributed by atoms with Gasteiger partial charge in [0.05, 0.1) is 17.2 Å². The quantitative estimate of drug-likeness (QED) is 0.899. The van der Waals surface area contributed by atoms with Gasteiger partial charge in [0.2, 0.25) is 5.88 Å². The van der Waals surface area contributed by atoms with Gasteiger partial charge in [-0.05, 0) is 30.7 Å². The normalized spacial score (nSPS) is 12.6. The topological polar surface area (TPSA) is 69.7 Å². The first-order chi connectivity index (χ1) is 11.7. The lowest BCUT2D eigenvalue weighted by molar-refractivity contribution is 0.0950. The van der Waals surface area contributed by atoms with Crippen molar-refractivity contribution in [3.05, 3.63) is 46.6 Å². The van der Waals surface area contributed by atoms with Gasteiger partial charge in [-0.2, -0.15) is 0 Å². The molecule has 1 aliphatic rings. The van der Waals surface area contributed by atoms with Crippen molar-refractivity contribution in [1.82, 2.24) is 10.3 Å². The van der Waals surface area contributed by atoms with E-state index in [0.717, 1.165) is 5.56 Å². The van der Waals surface area contributed by atoms with E-state index in [1.807, 2.05) is 13.0 Å². The average Bonchev–Trinajstić information content (AvgIpc) is 2.61. The number of carbonyl (C=O) groups excluding carboxylic acids is 1. The lowest BCUT2D eigenvalue weighted by Crippen LogP contribution is -2.23. The Kier molecular flexibility index (Phi) is 5.05. The summed E-state index contributed by atoms with van der Waals surface area (Å²) in [5, 5.41) is 3.30. The second-order valence-corrected chi connectivity index (χ2v) is 5.51. The van der Waals surface area contributed by atoms with E-state index in [4.69, 9.17) is 25.8 Å². The van der Waals surface area contributed by atoms with E-state index < -0.39 is 0 Å². The molecule has 2 aromatic rings. The van der Waals surface area contributed by atoms with Crippen molar-refractivity contribution in [3.63, 3.8) is 0 Å². The number of nitrogens with one attached hydrogen (secondary N) is 1. The largest absolute Gasteiger partial charge is 0.486 e. The Morgan fingerprint density at radius 2 is 2.17 bits per heavy atom. The Morgan fingerprint density at radius 3 is 2.92 bits per heavy atom. The predicted octanol–water partition coefficient (Wildman–Crippen LogP) is 2.83. The van der Waals surface area contributed by atoms with Gasteiger partial charge in [-0.3, -0.25) is 4.79 Å². The first kappa shape index (κ1) is 16.4. The molecule has 0 fully saturated rings. The summed E-state index contributed by atoms with van der Waals surface area (Å²) in [5.74, 6) is 1.42. The first-order valence-corrected chi connectivity index (χ1v) is 8.00. The number of rotatable bonds is 5. The summed E-state index contributed by atoms with van der Waals surface area (Å²) in [5.41, 5.74) is 1.29. The monoisotopic (exact) mass is 348 g/mol. The number of hydrogen-bond acceptors (Lipinski definition) is 5. The van der Waals surface area contributed by atoms with Crippen LogP contribution >= 0.6 is 11.6 Å². The number of amides is 1. The number of aromatic nitrogens is 1. The Labute approximate surface area is 144 Å². The fraction of sp³-hybridized carbons (Fsp3) is 0.294. The SMILES string of the molecule is CCOc1ccc(C(=O)NCc2cc(Cl)c3c(c2)OCCO3)cn1. The molecular formula is C17H17ClN2O4. The summed E-state index contributed by atoms with van der Waals surface area (Å²) < 4.78 is 16.2. The molecule has 0 bridgehead atoms. The number of hydrogen-bond donors (Lipinski definition) is 1. The number of nitrogens with zero attached hydrogens (tertiary/aromatic N) is 1. The summed E-state index contributed by atoms with van der Waals surface area (Å²) in [6.45, 7) is 3.69. The van der Waals surface area contributed by atoms with Crippen LogP contribution in [-0.2, 0) is 6.54 Å². The van der Waals surface area contributed by atoms with E-state index in [9.17, 15) is 4.79 Å². The molecule has 0 spiro atoms. The van der Waals surface area contributed by atoms with Gasteiger partial charge in [-0.15, -0.1) is 0 Å². The van der Waals surface area contributed by atoms with E-state index in [1.165, 1.54) is 6.20 Å². The van der Waals surface area contributed by atoms with E-state index in [2.05, 4.69) is 10.3 Å². The maximum atomic E-state index is 12.2. The molecule has 0 saturated heterocycles. The molecule has 2 heterocycles. The van der Waals surface area contributed by atoms with Crippen LogP contribution in [0.2, 0.25) is 5.02 Å². The summed E-state index contributed by atoms with van der Waals surface area (Å²) in [7, 11) is 0. The van der Waals surface area contributed by atoms with E-state index in [1.54, 1.807) is 18.2 Å². The fourth-order valence-electron chi connectivity index (χ4n) is 2.30. The van der Waals surface area contributed by atoms with Gasteiger partial charge in [0.15, 0.2) is 11.5 Å². The number of ether oxygens (including phenoxy) is 3. The highest BCUT2D eigenvalue weighted by molar-refractivity contribution is 6.32. The van der Waals surface area contributed by atoms with Crippen LogP contribution in [0.15, 0.2) is 30.5 Å². The lowest BCUT2D eigenvalue weighted by atomic mass is 10.2. The molecule has 24 heavy (non-hydrogen) atoms. The molecule has 1 aromatic carbocycles. The second-order valence-electron chi connectivity index (χ2n) is 5.10. The molecule has 0 unspecified atom stereocenters. The maximum Gasteiger partial charge on any atom is 0.253 e. The van der Waals surface area contributed by atoms with Crippen molar-refractivity contribution in [2.24, 2.45) is 0 Å². The van der Waals surface area contributed by atoms with Gasteiger partial charge < -0.3 is 19.5 Å². The molecule has 0 radical (unpaired) electrons. The van der Waals surface area contributed by atoms with Crippen LogP contribution in [0, 0.1) is 0 Å². The smallest absolute Gasteiger partial charge is 0.253 e. The molecule has 7 heteroatoms. The van der Waals surface area contributed by atoms with Crippen LogP contribution in [-0.4, -0.2) is 30.7 Å². The Morgan fingerprint density at radius 1 is 1.33 bits per heavy atom. The fourth-order valence-corrected chi connectivity index (χ4v) is 2.59. The minimum absolute atomic E-state index is 0.225. The molecule has 0 atom stereocenters. The predicted molar refractivity (Wildman–Crippen MR) is 89.0 cm³/mol. The zero-order valence-corrected chi connectivity index (χ0v) is 13.9. The maximum absolute atomic E-state index is 12.2. The van der Waals surface area contributed by atoms with E-state index in [-0.39, 0.29) is 5.91 Å². The summed E-state index contributed by atoms with van der Waals surface area (Å²) in [6, 6.07) is 6.91. The molecule has 1 aliphatic heterocycles. The highest BCUT2D eigenvalue weighted by atomic mass is 35.5. The number of fused-ring (bicyclic) bond motifs is 1. The molecule has 0 saturated carbocycles. The third kappa shape index (κ3) is 3.71. The minimum Gasteiger partial charge on any atom is -0.486 e. The van der Waals surface area contributed by atoms with Crippen molar-refractivity contribution in [3.8, 4) is 17.4 Å². The zero-order chi connectivity index (χ0) is 16.9. The zero-order valence-electron chi connectivity index (χ0n) is 13.2. The van der Waals surface area contributed by atoms with Gasteiger partial charge in [0.1, 0.15) is 13.2 Å². The lowest BCUT2D eigenvalue weighted by Gasteiger charge is -2.20. The van der Waals surface area contributed by atoms with Gasteiger partial charge in [-0.1, -0.05) is 11.6 Å². The highest BCUT2D eigenvalue weighted by Gasteiger charge is 2.17. The van der Waals surface area contributed by atoms with Crippen LogP contribution in [0.3, 0.4) is 0 Å². The van der Waals surface area contributed by atoms with Crippen molar-refractivity contribution in [2.45, 2.75) is 13.5 Å². The minimum atomic E-state index is -0.225. The summed E-state index contributed by atoms with van der Waals surface area (Å²) >= 11 is 6.19. The molecule has 0 aliphatic carbocycles. The summed E-state index contributed by atoms with van der Waals surface area (Å²) in [4.78, 5) is 16.3. The summed E-state index contributed by atoms with van der Waals surface area (Å²) in [6.07, 6.45) is 1.48. The Balaban J connectivity index is 1.64. The molecule has 1 amide bonds. The van der Waals surface area contributed by atoms with Gasteiger partial charge in [0.25, 0.3) is 5.91 Å². The van der Waals surface area contributed by atoms with Crippen molar-refractivity contribution >= 4 is 17.5 Å². The molecule has 126 valence electrons. The van der Waals surface area contributed by atoms with Crippen molar-refractivity contribution in [1.29, 1.82) is 0 Å². The van der Waals surface area contributed by atoms with Crippen LogP contribution in [0.25, 0.3) is 0 Å². The molecule has 3 rings (SSSR count). The first-order valence-electron chi connectivity index (χ1n) is 7.62. The van der Waals surface area contributed by atoms with Crippen LogP contribution in [0.5, 0.6) is 17.4 Å². The van der Waals surface area contributed by atoms with E-state index in [0.29, 0.717) is 54.3 Å². The van der Waals surface area contributed by atoms with Crippen LogP contribution in [0.4, 0.5) is 0 Å². The third-order valence-electron chi connectivity index (χ3n) is 3.40. The van der Waals surface area contributed by atoms with Crippen molar-refractivity contribution in [2.75, 3.05) is 19.8 Å². The average molecular weight is 349 g/mol. The van der Waals surface area contributed by atoms with Crippen molar-refractivity contribution < 1.29 is 19.0 Å². The van der Waals surface area contributed by atoms with Gasteiger partial charge in [-0.25, -0.2) is 4.98 Å². The molecule has 1 aromatic heterocycles. The number of halogens is 1. The van der Waals surface area contributed by atoms with Crippen LogP contribution < -0.4 is 19.5 Å². The third-order valence-corrected chi connectivity index (χ3v) is 3.68. The number of carbonyl (C=O) groups is 1. The van der Waals surface area contributed by atoms with Gasteiger partial charge >= 0.3 is 0 Å². The van der Waals surface area contributed by atoms with Crippen LogP contribution in [0.1, 0.15) is 22.8 Å². The molecule has 1 N–H and O–H groups in total. The Bertz CT molecular complexity index is 734. The highest BCUT2D eigenvalue weighted by Crippen LogP contribution is 2.38. The second kappa shape index (κ2) is 7.40. The standard InChI is InChI=1S/C17H17ClN2O4/c1-2-22-15-4-3-12(10-19-15)17(21)20-9-11-7-13(18)16-14(8-11)23-5-6-24-16/h3-4,7-8,10H,2,5-6,9H2,1H3,(H,20,21). The molecular weight excluding hydrogens is 332 g/mol. The van der Waals surface area contributed by atoms with E-state index >= 15 is 0 Å². The Hall–Kier alpha value is -2.47. The van der Waals surface area contributed by atoms with Gasteiger partial charge in [0, 0.05) is 18.8 Å². The molecule has 6 nitrogen and oxygen atoms in total.